The van der Waals surface area contributed by atoms with Gasteiger partial charge < -0.3 is 8.85 Å². The predicted molar refractivity (Wildman–Crippen MR) is 88.1 cm³/mol. The summed E-state index contributed by atoms with van der Waals surface area (Å²) in [5.41, 5.74) is 1.48. The van der Waals surface area contributed by atoms with Crippen LogP contribution in [0.1, 0.15) is 32.6 Å². The number of hydrogen-bond acceptors (Lipinski definition) is 2. The Kier molecular flexibility index (Phi) is 5.50. The predicted octanol–water partition coefficient (Wildman–Crippen LogP) is 5.42. The lowest BCUT2D eigenvalue weighted by Crippen LogP contribution is -2.28. The second-order valence-electron chi connectivity index (χ2n) is 7.30. The van der Waals surface area contributed by atoms with Crippen LogP contribution in [0.15, 0.2) is 23.2 Å². The van der Waals surface area contributed by atoms with Gasteiger partial charge in [0.2, 0.25) is 16.6 Å². The van der Waals surface area contributed by atoms with E-state index in [1.165, 1.54) is 24.8 Å². The Hall–Kier alpha value is -0.486. The van der Waals surface area contributed by atoms with E-state index in [0.717, 1.165) is 17.9 Å². The summed E-state index contributed by atoms with van der Waals surface area (Å²) in [6.45, 7) is 15.6. The first-order valence-corrected chi connectivity index (χ1v) is 14.2. The van der Waals surface area contributed by atoms with E-state index in [0.29, 0.717) is 0 Å². The summed E-state index contributed by atoms with van der Waals surface area (Å²) in [5, 5.41) is 0. The second kappa shape index (κ2) is 6.31. The van der Waals surface area contributed by atoms with E-state index < -0.39 is 16.6 Å². The summed E-state index contributed by atoms with van der Waals surface area (Å²) in [5.74, 6) is 2.11. The zero-order valence-electron chi connectivity index (χ0n) is 13.7. The molecule has 0 fully saturated rings. The van der Waals surface area contributed by atoms with Gasteiger partial charge >= 0.3 is 0 Å². The highest BCUT2D eigenvalue weighted by molar-refractivity contribution is 6.70. The molecule has 1 aliphatic rings. The van der Waals surface area contributed by atoms with E-state index in [-0.39, 0.29) is 0 Å². The fourth-order valence-electron chi connectivity index (χ4n) is 2.05. The van der Waals surface area contributed by atoms with E-state index >= 15 is 0 Å². The van der Waals surface area contributed by atoms with Crippen LogP contribution in [-0.2, 0) is 8.85 Å². The molecule has 0 bridgehead atoms. The first-order valence-electron chi connectivity index (χ1n) is 7.41. The number of hydrogen-bond donors (Lipinski definition) is 0. The summed E-state index contributed by atoms with van der Waals surface area (Å²) < 4.78 is 12.4. The molecule has 19 heavy (non-hydrogen) atoms. The Morgan fingerprint density at radius 2 is 1.58 bits per heavy atom. The first-order chi connectivity index (χ1) is 8.61. The lowest BCUT2D eigenvalue weighted by Gasteiger charge is -2.25. The van der Waals surface area contributed by atoms with Crippen LogP contribution in [0.5, 0.6) is 0 Å². The van der Waals surface area contributed by atoms with Crippen molar-refractivity contribution in [3.05, 3.63) is 23.2 Å². The summed E-state index contributed by atoms with van der Waals surface area (Å²) in [6.07, 6.45) is 6.87. The standard InChI is InChI=1S/C15H30O2Si2/c1-8-9-10-13-11-14(16-18(2,3)4)15(12-13)17-19(5,6)7/h11H,8-10,12H2,1-7H3. The summed E-state index contributed by atoms with van der Waals surface area (Å²) in [7, 11) is -3.12. The van der Waals surface area contributed by atoms with Crippen molar-refractivity contribution in [2.24, 2.45) is 0 Å². The Labute approximate surface area is 121 Å². The Morgan fingerprint density at radius 1 is 1.00 bits per heavy atom. The lowest BCUT2D eigenvalue weighted by atomic mass is 10.1. The van der Waals surface area contributed by atoms with E-state index in [9.17, 15) is 0 Å². The number of allylic oxidation sites excluding steroid dienone is 2. The van der Waals surface area contributed by atoms with Gasteiger partial charge in [0.05, 0.1) is 0 Å². The molecule has 0 aromatic rings. The minimum Gasteiger partial charge on any atom is -0.544 e. The second-order valence-corrected chi connectivity index (χ2v) is 16.2. The largest absolute Gasteiger partial charge is 0.544 e. The molecule has 0 atom stereocenters. The minimum atomic E-state index is -1.57. The smallest absolute Gasteiger partial charge is 0.242 e. The molecule has 0 N–H and O–H groups in total. The number of rotatable bonds is 7. The average molecular weight is 299 g/mol. The summed E-state index contributed by atoms with van der Waals surface area (Å²) in [4.78, 5) is 0. The van der Waals surface area contributed by atoms with Crippen LogP contribution in [0.25, 0.3) is 0 Å². The monoisotopic (exact) mass is 298 g/mol. The molecule has 0 unspecified atom stereocenters. The van der Waals surface area contributed by atoms with E-state index in [2.05, 4.69) is 52.3 Å². The minimum absolute atomic E-state index is 0.962. The highest BCUT2D eigenvalue weighted by Gasteiger charge is 2.27. The van der Waals surface area contributed by atoms with Gasteiger partial charge in [-0.15, -0.1) is 0 Å². The van der Waals surface area contributed by atoms with Crippen molar-refractivity contribution < 1.29 is 8.85 Å². The Morgan fingerprint density at radius 3 is 2.05 bits per heavy atom. The maximum atomic E-state index is 6.23. The van der Waals surface area contributed by atoms with Crippen molar-refractivity contribution in [2.75, 3.05) is 0 Å². The van der Waals surface area contributed by atoms with Gasteiger partial charge in [-0.3, -0.25) is 0 Å². The van der Waals surface area contributed by atoms with Crippen molar-refractivity contribution >= 4 is 16.6 Å². The van der Waals surface area contributed by atoms with Crippen LogP contribution in [0.2, 0.25) is 39.3 Å². The SMILES string of the molecule is CCCCC1=CC(O[Si](C)(C)C)=C(O[Si](C)(C)C)C1. The zero-order valence-corrected chi connectivity index (χ0v) is 15.7. The molecule has 0 aromatic carbocycles. The van der Waals surface area contributed by atoms with Crippen LogP contribution < -0.4 is 0 Å². The van der Waals surface area contributed by atoms with Gasteiger partial charge in [0.1, 0.15) is 11.5 Å². The highest BCUT2D eigenvalue weighted by atomic mass is 28.4. The van der Waals surface area contributed by atoms with Crippen LogP contribution in [0, 0.1) is 0 Å². The fourth-order valence-corrected chi connectivity index (χ4v) is 3.79. The average Bonchev–Trinajstić information content (AvgIpc) is 2.52. The van der Waals surface area contributed by atoms with Gasteiger partial charge in [-0.2, -0.15) is 0 Å². The van der Waals surface area contributed by atoms with Gasteiger partial charge in [0.25, 0.3) is 0 Å². The van der Waals surface area contributed by atoms with Crippen molar-refractivity contribution in [3.63, 3.8) is 0 Å². The van der Waals surface area contributed by atoms with Crippen LogP contribution in [-0.4, -0.2) is 16.6 Å². The third kappa shape index (κ3) is 6.48. The molecule has 0 spiro atoms. The molecule has 0 radical (unpaired) electrons. The van der Waals surface area contributed by atoms with Crippen LogP contribution >= 0.6 is 0 Å². The summed E-state index contributed by atoms with van der Waals surface area (Å²) in [6, 6.07) is 0. The molecule has 2 nitrogen and oxygen atoms in total. The molecule has 4 heteroatoms. The Bertz CT molecular complexity index is 371. The van der Waals surface area contributed by atoms with Crippen molar-refractivity contribution in [1.29, 1.82) is 0 Å². The fraction of sp³-hybridized carbons (Fsp3) is 0.733. The van der Waals surface area contributed by atoms with E-state index in [1.54, 1.807) is 0 Å². The third-order valence-electron chi connectivity index (χ3n) is 2.69. The summed E-state index contributed by atoms with van der Waals surface area (Å²) >= 11 is 0. The molecular formula is C15H30O2Si2. The molecule has 1 aliphatic carbocycles. The molecule has 0 saturated carbocycles. The van der Waals surface area contributed by atoms with Gasteiger partial charge in [0, 0.05) is 6.42 Å². The molecule has 1 rings (SSSR count). The molecule has 110 valence electrons. The maximum Gasteiger partial charge on any atom is 0.242 e. The lowest BCUT2D eigenvalue weighted by molar-refractivity contribution is 0.352. The Balaban J connectivity index is 2.81. The quantitative estimate of drug-likeness (QED) is 0.584. The maximum absolute atomic E-state index is 6.23. The third-order valence-corrected chi connectivity index (χ3v) is 4.39. The van der Waals surface area contributed by atoms with Crippen LogP contribution in [0.4, 0.5) is 0 Å². The van der Waals surface area contributed by atoms with E-state index in [4.69, 9.17) is 8.85 Å². The molecule has 0 aliphatic heterocycles. The highest BCUT2D eigenvalue weighted by Crippen LogP contribution is 2.33. The molecule has 0 aromatic heterocycles. The van der Waals surface area contributed by atoms with Crippen molar-refractivity contribution in [3.8, 4) is 0 Å². The zero-order chi connectivity index (χ0) is 14.7. The first kappa shape index (κ1) is 16.6. The van der Waals surface area contributed by atoms with E-state index in [1.807, 2.05) is 0 Å². The van der Waals surface area contributed by atoms with Gasteiger partial charge in [-0.25, -0.2) is 0 Å². The van der Waals surface area contributed by atoms with Gasteiger partial charge in [0.15, 0.2) is 0 Å². The molecular weight excluding hydrogens is 268 g/mol. The molecule has 0 amide bonds. The molecule has 0 saturated heterocycles. The van der Waals surface area contributed by atoms with Crippen molar-refractivity contribution in [1.82, 2.24) is 0 Å². The topological polar surface area (TPSA) is 18.5 Å². The molecule has 0 heterocycles. The van der Waals surface area contributed by atoms with Crippen molar-refractivity contribution in [2.45, 2.75) is 71.9 Å². The normalized spacial score (nSPS) is 16.7. The number of unbranched alkanes of at least 4 members (excludes halogenated alkanes) is 1. The van der Waals surface area contributed by atoms with Crippen LogP contribution in [0.3, 0.4) is 0 Å². The van der Waals surface area contributed by atoms with Gasteiger partial charge in [-0.05, 0) is 58.2 Å². The van der Waals surface area contributed by atoms with Gasteiger partial charge in [-0.1, -0.05) is 18.9 Å².